The Balaban J connectivity index is 2.69. The van der Waals surface area contributed by atoms with E-state index in [0.717, 1.165) is 5.52 Å². The lowest BCUT2D eigenvalue weighted by Crippen LogP contribution is -1.87. The molecule has 0 spiro atoms. The first-order valence-electron chi connectivity index (χ1n) is 4.32. The van der Waals surface area contributed by atoms with Crippen LogP contribution < -0.4 is 0 Å². The molecule has 0 aliphatic rings. The summed E-state index contributed by atoms with van der Waals surface area (Å²) in [6.07, 6.45) is 0. The van der Waals surface area contributed by atoms with E-state index in [2.05, 4.69) is 64.8 Å². The highest BCUT2D eigenvalue weighted by Crippen LogP contribution is 2.23. The van der Waals surface area contributed by atoms with Crippen LogP contribution in [0.1, 0.15) is 25.5 Å². The number of nitrogens with zero attached hydrogens (tertiary/aromatic N) is 1. The highest BCUT2D eigenvalue weighted by Gasteiger charge is 2.07. The van der Waals surface area contributed by atoms with Crippen LogP contribution in [-0.4, -0.2) is 10.2 Å². The molecule has 2 nitrogen and oxygen atoms in total. The van der Waals surface area contributed by atoms with Crippen LogP contribution in [0.2, 0.25) is 0 Å². The second-order valence-corrected chi connectivity index (χ2v) is 4.70. The molecule has 0 radical (unpaired) electrons. The van der Waals surface area contributed by atoms with Gasteiger partial charge in [-0.2, -0.15) is 5.10 Å². The van der Waals surface area contributed by atoms with Crippen molar-refractivity contribution >= 4 is 33.5 Å². The molecule has 0 fully saturated rings. The number of H-pyrrole nitrogens is 1. The third-order valence-electron chi connectivity index (χ3n) is 2.12. The van der Waals surface area contributed by atoms with Gasteiger partial charge in [-0.3, -0.25) is 5.10 Å². The van der Waals surface area contributed by atoms with Crippen molar-refractivity contribution in [3.63, 3.8) is 0 Å². The van der Waals surface area contributed by atoms with E-state index in [4.69, 9.17) is 0 Å². The van der Waals surface area contributed by atoms with Crippen LogP contribution >= 0.6 is 22.6 Å². The van der Waals surface area contributed by atoms with Gasteiger partial charge in [0.15, 0.2) is 0 Å². The summed E-state index contributed by atoms with van der Waals surface area (Å²) in [5, 5.41) is 8.60. The fraction of sp³-hybridized carbons (Fsp3) is 0.300. The summed E-state index contributed by atoms with van der Waals surface area (Å²) in [4.78, 5) is 0. The number of hydrogen-bond acceptors (Lipinski definition) is 1. The number of rotatable bonds is 1. The minimum Gasteiger partial charge on any atom is -0.281 e. The lowest BCUT2D eigenvalue weighted by atomic mass is 10.1. The lowest BCUT2D eigenvalue weighted by molar-refractivity contribution is 0.818. The fourth-order valence-electron chi connectivity index (χ4n) is 1.45. The molecule has 0 aliphatic heterocycles. The Morgan fingerprint density at radius 1 is 1.38 bits per heavy atom. The van der Waals surface area contributed by atoms with E-state index in [9.17, 15) is 0 Å². The molecule has 68 valence electrons. The summed E-state index contributed by atoms with van der Waals surface area (Å²) in [6, 6.07) is 6.35. The molecule has 3 heteroatoms. The Hall–Kier alpha value is -0.580. The first-order chi connectivity index (χ1) is 6.18. The Labute approximate surface area is 90.9 Å². The minimum absolute atomic E-state index is 0.505. The van der Waals surface area contributed by atoms with Gasteiger partial charge in [-0.1, -0.05) is 13.8 Å². The molecular weight excluding hydrogens is 275 g/mol. The van der Waals surface area contributed by atoms with Crippen molar-refractivity contribution in [2.75, 3.05) is 0 Å². The predicted molar refractivity (Wildman–Crippen MR) is 62.9 cm³/mol. The van der Waals surface area contributed by atoms with E-state index in [-0.39, 0.29) is 0 Å². The SMILES string of the molecule is CC(C)c1[nH]nc2cc(I)ccc12. The highest BCUT2D eigenvalue weighted by atomic mass is 127. The average Bonchev–Trinajstić information content (AvgIpc) is 2.46. The molecule has 1 aromatic carbocycles. The van der Waals surface area contributed by atoms with Crippen LogP contribution in [0.15, 0.2) is 18.2 Å². The van der Waals surface area contributed by atoms with Gasteiger partial charge in [-0.15, -0.1) is 0 Å². The molecule has 13 heavy (non-hydrogen) atoms. The number of aromatic nitrogens is 2. The zero-order valence-corrected chi connectivity index (χ0v) is 9.79. The van der Waals surface area contributed by atoms with Gasteiger partial charge < -0.3 is 0 Å². The van der Waals surface area contributed by atoms with Crippen molar-refractivity contribution in [2.24, 2.45) is 0 Å². The maximum Gasteiger partial charge on any atom is 0.0934 e. The highest BCUT2D eigenvalue weighted by molar-refractivity contribution is 14.1. The molecule has 0 atom stereocenters. The summed E-state index contributed by atoms with van der Waals surface area (Å²) in [6.45, 7) is 4.34. The van der Waals surface area contributed by atoms with Gasteiger partial charge in [-0.25, -0.2) is 0 Å². The molecule has 0 saturated carbocycles. The maximum absolute atomic E-state index is 4.27. The van der Waals surface area contributed by atoms with Crippen molar-refractivity contribution in [2.45, 2.75) is 19.8 Å². The van der Waals surface area contributed by atoms with E-state index < -0.39 is 0 Å². The smallest absolute Gasteiger partial charge is 0.0934 e. The number of nitrogens with one attached hydrogen (secondary N) is 1. The van der Waals surface area contributed by atoms with Gasteiger partial charge in [-0.05, 0) is 46.7 Å². The van der Waals surface area contributed by atoms with Crippen molar-refractivity contribution in [1.82, 2.24) is 10.2 Å². The van der Waals surface area contributed by atoms with Gasteiger partial charge in [0, 0.05) is 14.7 Å². The molecule has 1 aromatic heterocycles. The average molecular weight is 286 g/mol. The van der Waals surface area contributed by atoms with Crippen LogP contribution in [0, 0.1) is 3.57 Å². The molecule has 0 bridgehead atoms. The molecular formula is C10H11IN2. The molecule has 1 heterocycles. The quantitative estimate of drug-likeness (QED) is 0.801. The second-order valence-electron chi connectivity index (χ2n) is 3.45. The van der Waals surface area contributed by atoms with Crippen LogP contribution in [-0.2, 0) is 0 Å². The van der Waals surface area contributed by atoms with E-state index >= 15 is 0 Å². The van der Waals surface area contributed by atoms with Crippen LogP contribution in [0.25, 0.3) is 10.9 Å². The van der Waals surface area contributed by atoms with Gasteiger partial charge in [0.1, 0.15) is 0 Å². The van der Waals surface area contributed by atoms with Crippen LogP contribution in [0.3, 0.4) is 0 Å². The standard InChI is InChI=1S/C10H11IN2/c1-6(2)10-8-4-3-7(11)5-9(8)12-13-10/h3-6H,1-2H3,(H,12,13). The zero-order chi connectivity index (χ0) is 9.42. The number of halogens is 1. The summed E-state index contributed by atoms with van der Waals surface area (Å²) < 4.78 is 1.23. The molecule has 0 unspecified atom stereocenters. The zero-order valence-electron chi connectivity index (χ0n) is 7.63. The predicted octanol–water partition coefficient (Wildman–Crippen LogP) is 3.29. The van der Waals surface area contributed by atoms with Crippen molar-refractivity contribution in [3.8, 4) is 0 Å². The molecule has 0 aliphatic carbocycles. The number of aromatic amines is 1. The van der Waals surface area contributed by atoms with Crippen molar-refractivity contribution in [3.05, 3.63) is 27.5 Å². The summed E-state index contributed by atoms with van der Waals surface area (Å²) in [7, 11) is 0. The summed E-state index contributed by atoms with van der Waals surface area (Å²) >= 11 is 2.30. The Bertz CT molecular complexity index is 431. The van der Waals surface area contributed by atoms with E-state index in [1.54, 1.807) is 0 Å². The number of benzene rings is 1. The van der Waals surface area contributed by atoms with E-state index in [1.807, 2.05) is 0 Å². The van der Waals surface area contributed by atoms with E-state index in [0.29, 0.717) is 5.92 Å². The second kappa shape index (κ2) is 3.29. The molecule has 1 N–H and O–H groups in total. The third kappa shape index (κ3) is 1.57. The molecule has 0 saturated heterocycles. The molecule has 2 rings (SSSR count). The van der Waals surface area contributed by atoms with Gasteiger partial charge in [0.05, 0.1) is 5.52 Å². The number of hydrogen-bond donors (Lipinski definition) is 1. The number of fused-ring (bicyclic) bond motifs is 1. The van der Waals surface area contributed by atoms with Crippen molar-refractivity contribution in [1.29, 1.82) is 0 Å². The van der Waals surface area contributed by atoms with Crippen LogP contribution in [0.5, 0.6) is 0 Å². The summed E-state index contributed by atoms with van der Waals surface area (Å²) in [5.41, 5.74) is 2.29. The van der Waals surface area contributed by atoms with Crippen LogP contribution in [0.4, 0.5) is 0 Å². The monoisotopic (exact) mass is 286 g/mol. The molecule has 0 amide bonds. The Kier molecular flexibility index (Phi) is 2.27. The minimum atomic E-state index is 0.505. The Morgan fingerprint density at radius 2 is 2.15 bits per heavy atom. The third-order valence-corrected chi connectivity index (χ3v) is 2.80. The largest absolute Gasteiger partial charge is 0.281 e. The maximum atomic E-state index is 4.27. The normalized spacial score (nSPS) is 11.4. The van der Waals surface area contributed by atoms with E-state index in [1.165, 1.54) is 14.7 Å². The Morgan fingerprint density at radius 3 is 2.85 bits per heavy atom. The topological polar surface area (TPSA) is 28.7 Å². The first kappa shape index (κ1) is 8.99. The van der Waals surface area contributed by atoms with Gasteiger partial charge in [0.2, 0.25) is 0 Å². The fourth-order valence-corrected chi connectivity index (χ4v) is 1.92. The van der Waals surface area contributed by atoms with Gasteiger partial charge >= 0.3 is 0 Å². The summed E-state index contributed by atoms with van der Waals surface area (Å²) in [5.74, 6) is 0.505. The van der Waals surface area contributed by atoms with Gasteiger partial charge in [0.25, 0.3) is 0 Å². The lowest BCUT2D eigenvalue weighted by Gasteiger charge is -2.00. The molecule has 2 aromatic rings. The van der Waals surface area contributed by atoms with Crippen molar-refractivity contribution < 1.29 is 0 Å². The first-order valence-corrected chi connectivity index (χ1v) is 5.40.